The highest BCUT2D eigenvalue weighted by Crippen LogP contribution is 2.36. The summed E-state index contributed by atoms with van der Waals surface area (Å²) >= 11 is 11.8. The number of nitro benzene ring substituents is 1. The highest BCUT2D eigenvalue weighted by molar-refractivity contribution is 6.31. The lowest BCUT2D eigenvalue weighted by atomic mass is 10.2. The van der Waals surface area contributed by atoms with Gasteiger partial charge in [-0.05, 0) is 24.3 Å². The molecule has 0 saturated carbocycles. The first-order chi connectivity index (χ1) is 9.52. The monoisotopic (exact) mass is 312 g/mol. The number of nitrogens with zero attached hydrogens (tertiary/aromatic N) is 1. The van der Waals surface area contributed by atoms with Crippen molar-refractivity contribution < 1.29 is 9.66 Å². The zero-order chi connectivity index (χ0) is 14.7. The lowest BCUT2D eigenvalue weighted by molar-refractivity contribution is -0.385. The molecule has 2 N–H and O–H groups in total. The van der Waals surface area contributed by atoms with Gasteiger partial charge in [-0.25, -0.2) is 0 Å². The van der Waals surface area contributed by atoms with Gasteiger partial charge < -0.3 is 10.5 Å². The molecule has 2 aromatic rings. The summed E-state index contributed by atoms with van der Waals surface area (Å²) in [5, 5.41) is 11.7. The molecule has 0 spiro atoms. The Kier molecular flexibility index (Phi) is 4.44. The molecule has 0 aliphatic heterocycles. The second kappa shape index (κ2) is 6.09. The number of nitrogens with two attached hydrogens (primary N) is 1. The molecule has 0 atom stereocenters. The van der Waals surface area contributed by atoms with Crippen LogP contribution in [-0.4, -0.2) is 4.92 Å². The standard InChI is InChI=1S/C13H10Cl2N2O3/c14-8-4-5-13(11(6-8)17(18)19)20-12-3-1-2-10(15)9(12)7-16/h1-6H,7,16H2. The molecule has 0 radical (unpaired) electrons. The molecular weight excluding hydrogens is 303 g/mol. The third-order valence-electron chi connectivity index (χ3n) is 2.62. The van der Waals surface area contributed by atoms with Crippen molar-refractivity contribution in [2.45, 2.75) is 6.54 Å². The zero-order valence-electron chi connectivity index (χ0n) is 10.2. The van der Waals surface area contributed by atoms with Gasteiger partial charge in [-0.3, -0.25) is 10.1 Å². The maximum absolute atomic E-state index is 11.0. The van der Waals surface area contributed by atoms with E-state index < -0.39 is 4.92 Å². The predicted molar refractivity (Wildman–Crippen MR) is 77.5 cm³/mol. The third-order valence-corrected chi connectivity index (χ3v) is 3.21. The van der Waals surface area contributed by atoms with E-state index in [1.807, 2.05) is 0 Å². The number of benzene rings is 2. The molecule has 20 heavy (non-hydrogen) atoms. The topological polar surface area (TPSA) is 78.4 Å². The van der Waals surface area contributed by atoms with E-state index in [-0.39, 0.29) is 23.0 Å². The quantitative estimate of drug-likeness (QED) is 0.679. The molecule has 0 aliphatic carbocycles. The molecule has 104 valence electrons. The van der Waals surface area contributed by atoms with Gasteiger partial charge >= 0.3 is 5.69 Å². The number of hydrogen-bond donors (Lipinski definition) is 1. The Bertz CT molecular complexity index is 662. The van der Waals surface area contributed by atoms with E-state index in [1.165, 1.54) is 18.2 Å². The normalized spacial score (nSPS) is 10.3. The van der Waals surface area contributed by atoms with Crippen molar-refractivity contribution in [1.29, 1.82) is 0 Å². The summed E-state index contributed by atoms with van der Waals surface area (Å²) in [5.41, 5.74) is 5.97. The minimum Gasteiger partial charge on any atom is -0.450 e. The average Bonchev–Trinajstić information content (AvgIpc) is 2.41. The predicted octanol–water partition coefficient (Wildman–Crippen LogP) is 4.15. The smallest absolute Gasteiger partial charge is 0.313 e. The van der Waals surface area contributed by atoms with Crippen LogP contribution in [0.1, 0.15) is 5.56 Å². The Morgan fingerprint density at radius 2 is 1.95 bits per heavy atom. The molecule has 0 heterocycles. The second-order valence-corrected chi connectivity index (χ2v) is 4.74. The Labute approximate surface area is 125 Å². The lowest BCUT2D eigenvalue weighted by Crippen LogP contribution is -2.01. The van der Waals surface area contributed by atoms with Crippen LogP contribution in [0.3, 0.4) is 0 Å². The summed E-state index contributed by atoms with van der Waals surface area (Å²) in [4.78, 5) is 10.4. The van der Waals surface area contributed by atoms with E-state index >= 15 is 0 Å². The largest absolute Gasteiger partial charge is 0.450 e. The van der Waals surface area contributed by atoms with Crippen LogP contribution in [0.25, 0.3) is 0 Å². The van der Waals surface area contributed by atoms with E-state index in [2.05, 4.69) is 0 Å². The number of hydrogen-bond acceptors (Lipinski definition) is 4. The van der Waals surface area contributed by atoms with Crippen molar-refractivity contribution >= 4 is 28.9 Å². The van der Waals surface area contributed by atoms with Crippen molar-refractivity contribution in [2.24, 2.45) is 5.73 Å². The fourth-order valence-corrected chi connectivity index (χ4v) is 2.08. The van der Waals surface area contributed by atoms with Crippen LogP contribution in [0, 0.1) is 10.1 Å². The van der Waals surface area contributed by atoms with Gasteiger partial charge in [0.1, 0.15) is 5.75 Å². The van der Waals surface area contributed by atoms with Crippen LogP contribution in [0.15, 0.2) is 36.4 Å². The Hall–Kier alpha value is -1.82. The van der Waals surface area contributed by atoms with Gasteiger partial charge in [0.25, 0.3) is 0 Å². The van der Waals surface area contributed by atoms with Crippen LogP contribution in [-0.2, 0) is 6.54 Å². The molecule has 0 amide bonds. The SMILES string of the molecule is NCc1c(Cl)cccc1Oc1ccc(Cl)cc1[N+](=O)[O-]. The minimum atomic E-state index is -0.562. The lowest BCUT2D eigenvalue weighted by Gasteiger charge is -2.11. The summed E-state index contributed by atoms with van der Waals surface area (Å²) in [5.74, 6) is 0.460. The third kappa shape index (κ3) is 3.01. The number of halogens is 2. The Balaban J connectivity index is 2.45. The van der Waals surface area contributed by atoms with Gasteiger partial charge in [-0.2, -0.15) is 0 Å². The van der Waals surface area contributed by atoms with Gasteiger partial charge in [-0.15, -0.1) is 0 Å². The summed E-state index contributed by atoms with van der Waals surface area (Å²) in [7, 11) is 0. The number of ether oxygens (including phenoxy) is 1. The summed E-state index contributed by atoms with van der Waals surface area (Å²) in [6.45, 7) is 0.163. The molecule has 7 heteroatoms. The first-order valence-electron chi connectivity index (χ1n) is 5.62. The van der Waals surface area contributed by atoms with Gasteiger partial charge in [0.05, 0.1) is 4.92 Å². The van der Waals surface area contributed by atoms with Crippen LogP contribution in [0.2, 0.25) is 10.0 Å². The fraction of sp³-hybridized carbons (Fsp3) is 0.0769. The molecule has 2 rings (SSSR count). The second-order valence-electron chi connectivity index (χ2n) is 3.89. The number of nitro groups is 1. The van der Waals surface area contributed by atoms with E-state index in [1.54, 1.807) is 18.2 Å². The first kappa shape index (κ1) is 14.6. The molecule has 5 nitrogen and oxygen atoms in total. The van der Waals surface area contributed by atoms with Crippen molar-refractivity contribution in [1.82, 2.24) is 0 Å². The fourth-order valence-electron chi connectivity index (χ4n) is 1.67. The zero-order valence-corrected chi connectivity index (χ0v) is 11.7. The average molecular weight is 313 g/mol. The van der Waals surface area contributed by atoms with Crippen molar-refractivity contribution in [3.8, 4) is 11.5 Å². The molecule has 0 fully saturated rings. The van der Waals surface area contributed by atoms with Gasteiger partial charge in [0.2, 0.25) is 5.75 Å². The van der Waals surface area contributed by atoms with Crippen LogP contribution in [0.4, 0.5) is 5.69 Å². The summed E-state index contributed by atoms with van der Waals surface area (Å²) < 4.78 is 5.56. The van der Waals surface area contributed by atoms with Crippen LogP contribution >= 0.6 is 23.2 Å². The van der Waals surface area contributed by atoms with Gasteiger partial charge in [0.15, 0.2) is 0 Å². The molecule has 0 aliphatic rings. The minimum absolute atomic E-state index is 0.0800. The molecule has 2 aromatic carbocycles. The number of rotatable bonds is 4. The van der Waals surface area contributed by atoms with Gasteiger partial charge in [-0.1, -0.05) is 29.3 Å². The van der Waals surface area contributed by atoms with Crippen molar-refractivity contribution in [2.75, 3.05) is 0 Å². The van der Waals surface area contributed by atoms with E-state index in [0.29, 0.717) is 16.3 Å². The van der Waals surface area contributed by atoms with Crippen LogP contribution < -0.4 is 10.5 Å². The van der Waals surface area contributed by atoms with Gasteiger partial charge in [0, 0.05) is 28.2 Å². The Morgan fingerprint density at radius 1 is 1.20 bits per heavy atom. The van der Waals surface area contributed by atoms with E-state index in [4.69, 9.17) is 33.7 Å². The van der Waals surface area contributed by atoms with Crippen LogP contribution in [0.5, 0.6) is 11.5 Å². The summed E-state index contributed by atoms with van der Waals surface area (Å²) in [6.07, 6.45) is 0. The Morgan fingerprint density at radius 3 is 2.60 bits per heavy atom. The molecule has 0 unspecified atom stereocenters. The maximum atomic E-state index is 11.0. The van der Waals surface area contributed by atoms with Crippen molar-refractivity contribution in [3.05, 3.63) is 62.1 Å². The maximum Gasteiger partial charge on any atom is 0.313 e. The van der Waals surface area contributed by atoms with Crippen molar-refractivity contribution in [3.63, 3.8) is 0 Å². The molecule has 0 aromatic heterocycles. The molecule has 0 saturated heterocycles. The molecule has 0 bridgehead atoms. The van der Waals surface area contributed by atoms with E-state index in [9.17, 15) is 10.1 Å². The highest BCUT2D eigenvalue weighted by Gasteiger charge is 2.18. The summed E-state index contributed by atoms with van der Waals surface area (Å²) in [6, 6.07) is 9.17. The highest BCUT2D eigenvalue weighted by atomic mass is 35.5. The first-order valence-corrected chi connectivity index (χ1v) is 6.37. The van der Waals surface area contributed by atoms with E-state index in [0.717, 1.165) is 0 Å². The molecular formula is C13H10Cl2N2O3.